The zero-order chi connectivity index (χ0) is 19.8. The number of rotatable bonds is 4. The first-order valence-corrected chi connectivity index (χ1v) is 11.7. The van der Waals surface area contributed by atoms with Gasteiger partial charge in [-0.3, -0.25) is 4.79 Å². The summed E-state index contributed by atoms with van der Waals surface area (Å²) in [5, 5.41) is 4.20. The van der Waals surface area contributed by atoms with E-state index in [0.717, 1.165) is 33.5 Å². The largest absolute Gasteiger partial charge is 0.477 e. The first kappa shape index (κ1) is 21.0. The van der Waals surface area contributed by atoms with E-state index in [1.807, 2.05) is 13.8 Å². The fraction of sp³-hybridized carbons (Fsp3) is 0.682. The molecule has 1 amide bonds. The average Bonchev–Trinajstić information content (AvgIpc) is 3.02. The van der Waals surface area contributed by atoms with Gasteiger partial charge in [-0.1, -0.05) is 57.8 Å². The first-order valence-electron chi connectivity index (χ1n) is 10.9. The van der Waals surface area contributed by atoms with E-state index in [0.29, 0.717) is 12.5 Å². The topological polar surface area (TPSA) is 64.1 Å². The van der Waals surface area contributed by atoms with E-state index in [4.69, 9.17) is 4.74 Å². The number of hydrogen-bond acceptors (Lipinski definition) is 5. The predicted molar refractivity (Wildman–Crippen MR) is 115 cm³/mol. The number of nitrogens with one attached hydrogen (secondary N) is 1. The molecule has 0 atom stereocenters. The van der Waals surface area contributed by atoms with Crippen LogP contribution >= 0.6 is 11.3 Å². The monoisotopic (exact) mass is 403 g/mol. The van der Waals surface area contributed by atoms with Gasteiger partial charge in [0.15, 0.2) is 0 Å². The number of carbonyl (C=O) groups excluding carboxylic acids is 1. The van der Waals surface area contributed by atoms with Crippen LogP contribution < -0.4 is 10.1 Å². The van der Waals surface area contributed by atoms with Gasteiger partial charge in [0.25, 0.3) is 5.91 Å². The predicted octanol–water partition coefficient (Wildman–Crippen LogP) is 5.80. The number of carbonyl (C=O) groups is 1. The zero-order valence-electron chi connectivity index (χ0n) is 17.3. The minimum Gasteiger partial charge on any atom is -0.477 e. The zero-order valence-corrected chi connectivity index (χ0v) is 18.1. The van der Waals surface area contributed by atoms with Gasteiger partial charge in [0, 0.05) is 6.04 Å². The molecule has 154 valence electrons. The first-order chi connectivity index (χ1) is 13.7. The number of fused-ring (bicyclic) bond motifs is 1. The summed E-state index contributed by atoms with van der Waals surface area (Å²) in [6.45, 7) is 4.46. The lowest BCUT2D eigenvalue weighted by atomic mass is 9.98. The lowest BCUT2D eigenvalue weighted by Gasteiger charge is -2.19. The fourth-order valence-electron chi connectivity index (χ4n) is 4.06. The average molecular weight is 404 g/mol. The quantitative estimate of drug-likeness (QED) is 0.700. The molecule has 1 aliphatic rings. The summed E-state index contributed by atoms with van der Waals surface area (Å²) in [5.41, 5.74) is 0.926. The van der Waals surface area contributed by atoms with Crippen LogP contribution in [0.15, 0.2) is 6.33 Å². The van der Waals surface area contributed by atoms with Gasteiger partial charge >= 0.3 is 0 Å². The van der Waals surface area contributed by atoms with Crippen molar-refractivity contribution in [3.05, 3.63) is 16.8 Å². The Balaban J connectivity index is 1.71. The summed E-state index contributed by atoms with van der Waals surface area (Å²) >= 11 is 1.44. The van der Waals surface area contributed by atoms with Crippen LogP contribution in [0, 0.1) is 6.92 Å². The Hall–Kier alpha value is -1.69. The molecule has 2 aromatic heterocycles. The summed E-state index contributed by atoms with van der Waals surface area (Å²) in [4.78, 5) is 23.2. The van der Waals surface area contributed by atoms with Crippen molar-refractivity contribution in [2.45, 2.75) is 90.5 Å². The van der Waals surface area contributed by atoms with Gasteiger partial charge in [0.1, 0.15) is 11.2 Å². The maximum atomic E-state index is 13.1. The lowest BCUT2D eigenvalue weighted by molar-refractivity contribution is 0.0935. The third kappa shape index (κ3) is 5.43. The third-order valence-electron chi connectivity index (χ3n) is 5.62. The Morgan fingerprint density at radius 3 is 2.29 bits per heavy atom. The maximum Gasteiger partial charge on any atom is 0.261 e. The summed E-state index contributed by atoms with van der Waals surface area (Å²) in [6, 6.07) is 0.272. The highest BCUT2D eigenvalue weighted by Crippen LogP contribution is 2.34. The number of aryl methyl sites for hydroxylation is 1. The van der Waals surface area contributed by atoms with Crippen LogP contribution in [-0.2, 0) is 0 Å². The van der Waals surface area contributed by atoms with Crippen molar-refractivity contribution >= 4 is 27.5 Å². The molecule has 0 spiro atoms. The van der Waals surface area contributed by atoms with Gasteiger partial charge in [-0.25, -0.2) is 9.97 Å². The van der Waals surface area contributed by atoms with E-state index in [-0.39, 0.29) is 11.9 Å². The van der Waals surface area contributed by atoms with E-state index in [2.05, 4.69) is 15.3 Å². The molecule has 0 aliphatic heterocycles. The molecule has 0 bridgehead atoms. The fourth-order valence-corrected chi connectivity index (χ4v) is 5.10. The van der Waals surface area contributed by atoms with Gasteiger partial charge in [-0.15, -0.1) is 11.3 Å². The van der Waals surface area contributed by atoms with E-state index < -0.39 is 0 Å². The molecule has 0 radical (unpaired) electrons. The number of hydrogen-bond donors (Lipinski definition) is 1. The molecule has 5 nitrogen and oxygen atoms in total. The summed E-state index contributed by atoms with van der Waals surface area (Å²) in [7, 11) is 0. The minimum atomic E-state index is 0.0278. The highest BCUT2D eigenvalue weighted by Gasteiger charge is 2.22. The summed E-state index contributed by atoms with van der Waals surface area (Å²) in [5.74, 6) is 0.603. The van der Waals surface area contributed by atoms with E-state index in [9.17, 15) is 4.79 Å². The standard InChI is InChI=1S/C22H33N3O2S/c1-3-27-21-18-16(2)19(28-22(18)24-15-23-21)20(26)25-17-13-11-9-7-5-4-6-8-10-12-14-17/h15,17H,3-14H2,1-2H3,(H,25,26). The van der Waals surface area contributed by atoms with Gasteiger partial charge < -0.3 is 10.1 Å². The lowest BCUT2D eigenvalue weighted by Crippen LogP contribution is -2.34. The van der Waals surface area contributed by atoms with E-state index in [1.165, 1.54) is 75.5 Å². The Morgan fingerprint density at radius 1 is 1.07 bits per heavy atom. The second-order valence-corrected chi connectivity index (χ2v) is 8.78. The molecule has 2 heterocycles. The Bertz CT molecular complexity index is 762. The van der Waals surface area contributed by atoms with E-state index >= 15 is 0 Å². The van der Waals surface area contributed by atoms with Crippen molar-refractivity contribution < 1.29 is 9.53 Å². The van der Waals surface area contributed by atoms with Crippen LogP contribution in [0.4, 0.5) is 0 Å². The number of thiophene rings is 1. The van der Waals surface area contributed by atoms with Crippen LogP contribution in [-0.4, -0.2) is 28.5 Å². The van der Waals surface area contributed by atoms with Crippen molar-refractivity contribution in [2.75, 3.05) is 6.61 Å². The molecule has 1 saturated carbocycles. The number of ether oxygens (including phenoxy) is 1. The second kappa shape index (κ2) is 10.7. The molecular weight excluding hydrogens is 370 g/mol. The normalized spacial score (nSPS) is 17.6. The number of amides is 1. The van der Waals surface area contributed by atoms with Gasteiger partial charge in [0.05, 0.1) is 16.9 Å². The molecule has 1 fully saturated rings. The van der Waals surface area contributed by atoms with Crippen molar-refractivity contribution in [1.29, 1.82) is 0 Å². The molecule has 2 aromatic rings. The van der Waals surface area contributed by atoms with Crippen molar-refractivity contribution in [1.82, 2.24) is 15.3 Å². The third-order valence-corrected chi connectivity index (χ3v) is 6.82. The second-order valence-electron chi connectivity index (χ2n) is 7.78. The molecule has 0 saturated heterocycles. The molecule has 1 N–H and O–H groups in total. The highest BCUT2D eigenvalue weighted by molar-refractivity contribution is 7.20. The van der Waals surface area contributed by atoms with Gasteiger partial charge in [-0.05, 0) is 32.3 Å². The van der Waals surface area contributed by atoms with E-state index in [1.54, 1.807) is 0 Å². The summed E-state index contributed by atoms with van der Waals surface area (Å²) in [6.07, 6.45) is 15.4. The highest BCUT2D eigenvalue weighted by atomic mass is 32.1. The SMILES string of the molecule is CCOc1ncnc2sc(C(=O)NC3CCCCCCCCCCC3)c(C)c12. The molecule has 1 aliphatic carbocycles. The molecule has 0 aromatic carbocycles. The molecule has 28 heavy (non-hydrogen) atoms. The van der Waals surface area contributed by atoms with Crippen LogP contribution in [0.25, 0.3) is 10.2 Å². The van der Waals surface area contributed by atoms with Crippen molar-refractivity contribution in [3.8, 4) is 5.88 Å². The van der Waals surface area contributed by atoms with Gasteiger partial charge in [0.2, 0.25) is 5.88 Å². The van der Waals surface area contributed by atoms with Gasteiger partial charge in [-0.2, -0.15) is 0 Å². The van der Waals surface area contributed by atoms with Crippen LogP contribution in [0.1, 0.15) is 92.8 Å². The Morgan fingerprint density at radius 2 is 1.68 bits per heavy atom. The maximum absolute atomic E-state index is 13.1. The smallest absolute Gasteiger partial charge is 0.261 e. The Labute approximate surface area is 172 Å². The number of aromatic nitrogens is 2. The minimum absolute atomic E-state index is 0.0278. The van der Waals surface area contributed by atoms with Crippen LogP contribution in [0.3, 0.4) is 0 Å². The molecule has 3 rings (SSSR count). The summed E-state index contributed by atoms with van der Waals surface area (Å²) < 4.78 is 5.65. The van der Waals surface area contributed by atoms with Crippen molar-refractivity contribution in [2.24, 2.45) is 0 Å². The Kier molecular flexibility index (Phi) is 8.07. The number of nitrogens with zero attached hydrogens (tertiary/aromatic N) is 2. The van der Waals surface area contributed by atoms with Crippen LogP contribution in [0.2, 0.25) is 0 Å². The molecular formula is C22H33N3O2S. The molecule has 6 heteroatoms. The molecule has 0 unspecified atom stereocenters. The van der Waals surface area contributed by atoms with Crippen LogP contribution in [0.5, 0.6) is 5.88 Å². The van der Waals surface area contributed by atoms with Crippen molar-refractivity contribution in [3.63, 3.8) is 0 Å².